The lowest BCUT2D eigenvalue weighted by Gasteiger charge is -2.45. The van der Waals surface area contributed by atoms with Gasteiger partial charge in [0.15, 0.2) is 0 Å². The molecule has 4 heteroatoms. The first-order valence-corrected chi connectivity index (χ1v) is 8.29. The summed E-state index contributed by atoms with van der Waals surface area (Å²) in [5.41, 5.74) is 2.00. The third kappa shape index (κ3) is 3.50. The summed E-state index contributed by atoms with van der Waals surface area (Å²) in [6.45, 7) is 3.12. The van der Waals surface area contributed by atoms with Crippen LogP contribution in [-0.2, 0) is 6.54 Å². The summed E-state index contributed by atoms with van der Waals surface area (Å²) in [6, 6.07) is 7.22. The van der Waals surface area contributed by atoms with Crippen LogP contribution in [0.5, 0.6) is 0 Å². The molecule has 1 saturated carbocycles. The predicted molar refractivity (Wildman–Crippen MR) is 84.8 cm³/mol. The highest BCUT2D eigenvalue weighted by atomic mass is 16.4. The molecule has 0 bridgehead atoms. The summed E-state index contributed by atoms with van der Waals surface area (Å²) in [5.74, 6) is -0.869. The predicted octanol–water partition coefficient (Wildman–Crippen LogP) is 2.90. The molecule has 120 valence electrons. The van der Waals surface area contributed by atoms with Gasteiger partial charge in [0.2, 0.25) is 0 Å². The summed E-state index contributed by atoms with van der Waals surface area (Å²) >= 11 is 0. The Balaban J connectivity index is 1.52. The van der Waals surface area contributed by atoms with Crippen LogP contribution in [-0.4, -0.2) is 40.3 Å². The Morgan fingerprint density at radius 1 is 1.09 bits per heavy atom. The third-order valence-electron chi connectivity index (χ3n) is 5.54. The molecule has 0 amide bonds. The maximum atomic E-state index is 10.9. The van der Waals surface area contributed by atoms with E-state index in [4.69, 9.17) is 5.11 Å². The van der Waals surface area contributed by atoms with E-state index in [2.05, 4.69) is 4.90 Å². The number of hydrogen-bond donors (Lipinski definition) is 2. The van der Waals surface area contributed by atoms with Crippen molar-refractivity contribution in [2.75, 3.05) is 13.1 Å². The summed E-state index contributed by atoms with van der Waals surface area (Å²) in [7, 11) is 0. The first-order valence-electron chi connectivity index (χ1n) is 8.29. The fraction of sp³-hybridized carbons (Fsp3) is 0.611. The minimum Gasteiger partial charge on any atom is -0.478 e. The number of aromatic carboxylic acids is 1. The molecule has 2 N–H and O–H groups in total. The molecule has 2 fully saturated rings. The maximum absolute atomic E-state index is 10.9. The van der Waals surface area contributed by atoms with Crippen LogP contribution in [0.15, 0.2) is 24.3 Å². The van der Waals surface area contributed by atoms with Crippen molar-refractivity contribution in [1.29, 1.82) is 0 Å². The van der Waals surface area contributed by atoms with Gasteiger partial charge in [0, 0.05) is 6.54 Å². The van der Waals surface area contributed by atoms with Crippen molar-refractivity contribution in [3.8, 4) is 0 Å². The van der Waals surface area contributed by atoms with Crippen LogP contribution in [0.25, 0.3) is 0 Å². The summed E-state index contributed by atoms with van der Waals surface area (Å²) in [5, 5.41) is 18.6. The summed E-state index contributed by atoms with van der Waals surface area (Å²) in [4.78, 5) is 13.3. The Labute approximate surface area is 131 Å². The molecular formula is C18H25NO3. The molecule has 1 saturated heterocycles. The van der Waals surface area contributed by atoms with Crippen molar-refractivity contribution in [2.45, 2.75) is 51.2 Å². The van der Waals surface area contributed by atoms with Gasteiger partial charge < -0.3 is 10.2 Å². The highest BCUT2D eigenvalue weighted by molar-refractivity contribution is 5.87. The van der Waals surface area contributed by atoms with E-state index in [-0.39, 0.29) is 6.10 Å². The van der Waals surface area contributed by atoms with E-state index in [0.29, 0.717) is 11.0 Å². The second-order valence-corrected chi connectivity index (χ2v) is 7.01. The number of carboxylic acids is 1. The molecule has 0 aromatic heterocycles. The lowest BCUT2D eigenvalue weighted by Crippen LogP contribution is -2.42. The van der Waals surface area contributed by atoms with Gasteiger partial charge in [-0.25, -0.2) is 4.79 Å². The van der Waals surface area contributed by atoms with Crippen molar-refractivity contribution in [1.82, 2.24) is 4.90 Å². The normalized spacial score (nSPS) is 22.8. The Morgan fingerprint density at radius 2 is 1.68 bits per heavy atom. The fourth-order valence-corrected chi connectivity index (χ4v) is 3.91. The first kappa shape index (κ1) is 15.5. The van der Waals surface area contributed by atoms with Crippen LogP contribution in [0.2, 0.25) is 0 Å². The number of aliphatic hydroxyl groups is 1. The molecule has 1 aliphatic heterocycles. The average molecular weight is 303 g/mol. The van der Waals surface area contributed by atoms with E-state index in [1.807, 2.05) is 12.1 Å². The minimum atomic E-state index is -0.869. The van der Waals surface area contributed by atoms with Crippen LogP contribution in [0.4, 0.5) is 0 Å². The van der Waals surface area contributed by atoms with E-state index < -0.39 is 5.97 Å². The topological polar surface area (TPSA) is 60.8 Å². The molecule has 3 rings (SSSR count). The SMILES string of the molecule is O=C(O)c1ccc(CN2CCC3(CCC(O)CC3)CC2)cc1. The molecule has 1 aromatic carbocycles. The zero-order valence-corrected chi connectivity index (χ0v) is 13.0. The lowest BCUT2D eigenvalue weighted by molar-refractivity contribution is 0.0155. The number of carboxylic acid groups (broad SMARTS) is 1. The number of carbonyl (C=O) groups is 1. The number of likely N-dealkylation sites (tertiary alicyclic amines) is 1. The smallest absolute Gasteiger partial charge is 0.335 e. The molecule has 1 spiro atoms. The van der Waals surface area contributed by atoms with E-state index in [1.54, 1.807) is 12.1 Å². The standard InChI is InChI=1S/C18H25NO3/c20-16-5-7-18(8-6-16)9-11-19(12-10-18)13-14-1-3-15(4-2-14)17(21)22/h1-4,16,20H,5-13H2,(H,21,22). The molecule has 1 aliphatic carbocycles. The van der Waals surface area contributed by atoms with Gasteiger partial charge >= 0.3 is 5.97 Å². The monoisotopic (exact) mass is 303 g/mol. The first-order chi connectivity index (χ1) is 10.6. The quantitative estimate of drug-likeness (QED) is 0.901. The number of rotatable bonds is 3. The molecule has 2 aliphatic rings. The van der Waals surface area contributed by atoms with Gasteiger partial charge in [-0.05, 0) is 74.7 Å². The molecule has 1 heterocycles. The van der Waals surface area contributed by atoms with Crippen molar-refractivity contribution in [3.63, 3.8) is 0 Å². The van der Waals surface area contributed by atoms with Gasteiger partial charge in [-0.2, -0.15) is 0 Å². The number of aliphatic hydroxyl groups excluding tert-OH is 1. The van der Waals surface area contributed by atoms with Crippen LogP contribution in [0, 0.1) is 5.41 Å². The maximum Gasteiger partial charge on any atom is 0.335 e. The lowest BCUT2D eigenvalue weighted by atomic mass is 9.67. The van der Waals surface area contributed by atoms with Gasteiger partial charge in [0.25, 0.3) is 0 Å². The van der Waals surface area contributed by atoms with Crippen molar-refractivity contribution < 1.29 is 15.0 Å². The third-order valence-corrected chi connectivity index (χ3v) is 5.54. The zero-order chi connectivity index (χ0) is 15.6. The highest BCUT2D eigenvalue weighted by Gasteiger charge is 2.37. The van der Waals surface area contributed by atoms with Gasteiger partial charge in [-0.3, -0.25) is 4.90 Å². The number of benzene rings is 1. The summed E-state index contributed by atoms with van der Waals surface area (Å²) < 4.78 is 0. The van der Waals surface area contributed by atoms with E-state index in [9.17, 15) is 9.90 Å². The molecule has 22 heavy (non-hydrogen) atoms. The molecule has 4 nitrogen and oxygen atoms in total. The van der Waals surface area contributed by atoms with E-state index >= 15 is 0 Å². The van der Waals surface area contributed by atoms with Crippen LogP contribution >= 0.6 is 0 Å². The highest BCUT2D eigenvalue weighted by Crippen LogP contribution is 2.44. The Kier molecular flexibility index (Phi) is 4.50. The zero-order valence-electron chi connectivity index (χ0n) is 13.0. The molecule has 1 aromatic rings. The Hall–Kier alpha value is -1.39. The van der Waals surface area contributed by atoms with E-state index in [0.717, 1.165) is 32.5 Å². The Morgan fingerprint density at radius 3 is 2.23 bits per heavy atom. The van der Waals surface area contributed by atoms with Crippen LogP contribution < -0.4 is 0 Å². The van der Waals surface area contributed by atoms with Crippen molar-refractivity contribution in [3.05, 3.63) is 35.4 Å². The second kappa shape index (κ2) is 6.39. The Bertz CT molecular complexity index is 508. The van der Waals surface area contributed by atoms with Gasteiger partial charge in [0.1, 0.15) is 0 Å². The van der Waals surface area contributed by atoms with Crippen molar-refractivity contribution in [2.24, 2.45) is 5.41 Å². The fourth-order valence-electron chi connectivity index (χ4n) is 3.91. The number of nitrogens with zero attached hydrogens (tertiary/aromatic N) is 1. The molecule has 0 unspecified atom stereocenters. The second-order valence-electron chi connectivity index (χ2n) is 7.01. The number of hydrogen-bond acceptors (Lipinski definition) is 3. The molecular weight excluding hydrogens is 278 g/mol. The van der Waals surface area contributed by atoms with Gasteiger partial charge in [-0.1, -0.05) is 12.1 Å². The number of piperidine rings is 1. The molecule has 0 atom stereocenters. The minimum absolute atomic E-state index is 0.0728. The van der Waals surface area contributed by atoms with Crippen LogP contribution in [0.3, 0.4) is 0 Å². The summed E-state index contributed by atoms with van der Waals surface area (Å²) in [6.07, 6.45) is 6.68. The van der Waals surface area contributed by atoms with E-state index in [1.165, 1.54) is 31.2 Å². The van der Waals surface area contributed by atoms with Crippen molar-refractivity contribution >= 4 is 5.97 Å². The average Bonchev–Trinajstić information content (AvgIpc) is 2.53. The molecule has 0 radical (unpaired) electrons. The largest absolute Gasteiger partial charge is 0.478 e. The van der Waals surface area contributed by atoms with Crippen LogP contribution in [0.1, 0.15) is 54.4 Å². The van der Waals surface area contributed by atoms with Gasteiger partial charge in [0.05, 0.1) is 11.7 Å². The van der Waals surface area contributed by atoms with Gasteiger partial charge in [-0.15, -0.1) is 0 Å².